The highest BCUT2D eigenvalue weighted by Crippen LogP contribution is 2.40. The summed E-state index contributed by atoms with van der Waals surface area (Å²) in [5.41, 5.74) is 0.893. The predicted molar refractivity (Wildman–Crippen MR) is 137 cm³/mol. The Hall–Kier alpha value is -1.29. The van der Waals surface area contributed by atoms with Gasteiger partial charge in [-0.15, -0.1) is 0 Å². The summed E-state index contributed by atoms with van der Waals surface area (Å²) in [5, 5.41) is 0. The Morgan fingerprint density at radius 3 is 2.29 bits per heavy atom. The van der Waals surface area contributed by atoms with Crippen LogP contribution in [0.4, 0.5) is 0 Å². The quantitative estimate of drug-likeness (QED) is 0.267. The second-order valence-electron chi connectivity index (χ2n) is 10.3. The van der Waals surface area contributed by atoms with Crippen molar-refractivity contribution in [2.75, 3.05) is 13.7 Å². The molecule has 7 nitrogen and oxygen atoms in total. The van der Waals surface area contributed by atoms with Crippen LogP contribution in [-0.4, -0.2) is 58.5 Å². The predicted octanol–water partition coefficient (Wildman–Crippen LogP) is 5.63. The SMILES string of the molecule is CC[Si](CC)(CC)O[C@H]1[C@H]([C@H](C)C[C@@H]2COC(C)(C)O2)O[C@H](c2ccc(OC)cc2)O[C@@H]1CC=O. The van der Waals surface area contributed by atoms with Crippen molar-refractivity contribution in [3.63, 3.8) is 0 Å². The molecule has 0 N–H and O–H groups in total. The highest BCUT2D eigenvalue weighted by molar-refractivity contribution is 6.73. The number of rotatable bonds is 12. The first-order chi connectivity index (χ1) is 16.7. The number of carbonyl (C=O) groups excluding carboxylic acids is 1. The summed E-state index contributed by atoms with van der Waals surface area (Å²) in [6, 6.07) is 10.7. The third-order valence-corrected chi connectivity index (χ3v) is 12.2. The second-order valence-corrected chi connectivity index (χ2v) is 15.0. The molecule has 0 amide bonds. The van der Waals surface area contributed by atoms with E-state index in [1.54, 1.807) is 7.11 Å². The number of hydrogen-bond acceptors (Lipinski definition) is 7. The standard InChI is InChI=1S/C27H44O7Si/c1-8-35(9-2,10-3)34-25-23(15-16-28)31-26(20-11-13-21(29-7)14-12-20)32-24(25)19(4)17-22-18-30-27(5,6)33-22/h11-14,16,19,22-26H,8-10,15,17-18H2,1-7H3/t19-,22-,23-,24+,25-,26-/m1/s1. The topological polar surface area (TPSA) is 72.5 Å². The van der Waals surface area contributed by atoms with Crippen molar-refractivity contribution in [1.29, 1.82) is 0 Å². The van der Waals surface area contributed by atoms with Crippen LogP contribution in [0.25, 0.3) is 0 Å². The van der Waals surface area contributed by atoms with Gasteiger partial charge in [0.15, 0.2) is 20.4 Å². The van der Waals surface area contributed by atoms with Gasteiger partial charge in [0.1, 0.15) is 12.0 Å². The molecule has 2 fully saturated rings. The summed E-state index contributed by atoms with van der Waals surface area (Å²) in [6.07, 6.45) is 0.434. The van der Waals surface area contributed by atoms with E-state index in [9.17, 15) is 4.79 Å². The first kappa shape index (κ1) is 28.3. The third kappa shape index (κ3) is 6.93. The van der Waals surface area contributed by atoms with Crippen molar-refractivity contribution in [2.24, 2.45) is 5.92 Å². The van der Waals surface area contributed by atoms with Gasteiger partial charge in [-0.25, -0.2) is 0 Å². The molecule has 1 aromatic carbocycles. The summed E-state index contributed by atoms with van der Waals surface area (Å²) in [6.45, 7) is 13.3. The fourth-order valence-electron chi connectivity index (χ4n) is 5.22. The second kappa shape index (κ2) is 12.3. The Bertz CT molecular complexity index is 787. The Kier molecular flexibility index (Phi) is 9.94. The molecule has 0 bridgehead atoms. The van der Waals surface area contributed by atoms with Gasteiger partial charge in [-0.05, 0) is 56.5 Å². The van der Waals surface area contributed by atoms with E-state index in [2.05, 4.69) is 27.7 Å². The molecule has 6 atom stereocenters. The molecule has 3 rings (SSSR count). The van der Waals surface area contributed by atoms with Crippen LogP contribution in [0.2, 0.25) is 18.1 Å². The van der Waals surface area contributed by atoms with E-state index in [1.807, 2.05) is 38.1 Å². The molecular formula is C27H44O7Si. The molecule has 2 saturated heterocycles. The van der Waals surface area contributed by atoms with Gasteiger partial charge in [0.25, 0.3) is 0 Å². The smallest absolute Gasteiger partial charge is 0.192 e. The van der Waals surface area contributed by atoms with Crippen molar-refractivity contribution in [1.82, 2.24) is 0 Å². The molecule has 0 saturated carbocycles. The van der Waals surface area contributed by atoms with Crippen LogP contribution in [0.15, 0.2) is 24.3 Å². The van der Waals surface area contributed by atoms with Crippen LogP contribution < -0.4 is 4.74 Å². The lowest BCUT2D eigenvalue weighted by molar-refractivity contribution is -0.295. The van der Waals surface area contributed by atoms with Crippen LogP contribution in [0.3, 0.4) is 0 Å². The molecule has 198 valence electrons. The van der Waals surface area contributed by atoms with Crippen molar-refractivity contribution in [2.45, 2.75) is 109 Å². The Morgan fingerprint density at radius 2 is 1.77 bits per heavy atom. The minimum Gasteiger partial charge on any atom is -0.497 e. The van der Waals surface area contributed by atoms with Gasteiger partial charge in [-0.2, -0.15) is 0 Å². The number of hydrogen-bond donors (Lipinski definition) is 0. The molecule has 0 spiro atoms. The molecule has 0 aromatic heterocycles. The number of carbonyl (C=O) groups is 1. The van der Waals surface area contributed by atoms with E-state index in [0.717, 1.165) is 42.2 Å². The van der Waals surface area contributed by atoms with Crippen molar-refractivity contribution >= 4 is 14.6 Å². The number of ether oxygens (including phenoxy) is 5. The largest absolute Gasteiger partial charge is 0.497 e. The highest BCUT2D eigenvalue weighted by Gasteiger charge is 2.47. The summed E-state index contributed by atoms with van der Waals surface area (Å²) >= 11 is 0. The number of aldehydes is 1. The van der Waals surface area contributed by atoms with Gasteiger partial charge in [0, 0.05) is 12.0 Å². The fourth-order valence-corrected chi connectivity index (χ4v) is 8.08. The molecule has 2 aliphatic heterocycles. The van der Waals surface area contributed by atoms with E-state index in [0.29, 0.717) is 6.61 Å². The van der Waals surface area contributed by atoms with E-state index >= 15 is 0 Å². The maximum atomic E-state index is 11.7. The average molecular weight is 509 g/mol. The van der Waals surface area contributed by atoms with Crippen molar-refractivity contribution in [3.8, 4) is 5.75 Å². The molecule has 1 aromatic rings. The molecule has 35 heavy (non-hydrogen) atoms. The lowest BCUT2D eigenvalue weighted by Gasteiger charge is -2.47. The van der Waals surface area contributed by atoms with Gasteiger partial charge in [-0.3, -0.25) is 0 Å². The van der Waals surface area contributed by atoms with Crippen LogP contribution in [0.1, 0.15) is 66.2 Å². The molecule has 0 unspecified atom stereocenters. The summed E-state index contributed by atoms with van der Waals surface area (Å²) in [5.74, 6) is 0.307. The minimum absolute atomic E-state index is 0.0124. The zero-order valence-corrected chi connectivity index (χ0v) is 23.5. The van der Waals surface area contributed by atoms with Gasteiger partial charge in [-0.1, -0.05) is 39.8 Å². The van der Waals surface area contributed by atoms with Crippen molar-refractivity contribution < 1.29 is 32.9 Å². The fraction of sp³-hybridized carbons (Fsp3) is 0.741. The van der Waals surface area contributed by atoms with E-state index in [4.69, 9.17) is 28.1 Å². The van der Waals surface area contributed by atoms with Crippen molar-refractivity contribution in [3.05, 3.63) is 29.8 Å². The lowest BCUT2D eigenvalue weighted by atomic mass is 9.89. The highest BCUT2D eigenvalue weighted by atomic mass is 28.4. The number of methoxy groups -OCH3 is 1. The van der Waals surface area contributed by atoms with E-state index in [-0.39, 0.29) is 36.8 Å². The Morgan fingerprint density at radius 1 is 1.11 bits per heavy atom. The minimum atomic E-state index is -1.99. The maximum Gasteiger partial charge on any atom is 0.192 e. The van der Waals surface area contributed by atoms with Crippen LogP contribution in [-0.2, 0) is 28.2 Å². The molecule has 0 radical (unpaired) electrons. The van der Waals surface area contributed by atoms with Gasteiger partial charge in [0.05, 0.1) is 38.1 Å². The zero-order chi connectivity index (χ0) is 25.6. The molecular weight excluding hydrogens is 464 g/mol. The van der Waals surface area contributed by atoms with Crippen LogP contribution in [0.5, 0.6) is 5.75 Å². The van der Waals surface area contributed by atoms with E-state index < -0.39 is 20.4 Å². The summed E-state index contributed by atoms with van der Waals surface area (Å²) < 4.78 is 37.3. The molecule has 8 heteroatoms. The summed E-state index contributed by atoms with van der Waals surface area (Å²) in [7, 11) is -0.350. The normalized spacial score (nSPS) is 29.6. The first-order valence-corrected chi connectivity index (χ1v) is 15.6. The first-order valence-electron chi connectivity index (χ1n) is 13.1. The molecule has 0 aliphatic carbocycles. The third-order valence-electron chi connectivity index (χ3n) is 7.57. The average Bonchev–Trinajstić information content (AvgIpc) is 3.21. The summed E-state index contributed by atoms with van der Waals surface area (Å²) in [4.78, 5) is 11.7. The number of benzene rings is 1. The zero-order valence-electron chi connectivity index (χ0n) is 22.5. The van der Waals surface area contributed by atoms with Crippen LogP contribution >= 0.6 is 0 Å². The Labute approximate surface area is 211 Å². The van der Waals surface area contributed by atoms with Gasteiger partial charge in [0.2, 0.25) is 0 Å². The molecule has 2 heterocycles. The van der Waals surface area contributed by atoms with E-state index in [1.165, 1.54) is 0 Å². The Balaban J connectivity index is 1.90. The lowest BCUT2D eigenvalue weighted by Crippen LogP contribution is -2.56. The molecule has 2 aliphatic rings. The van der Waals surface area contributed by atoms with Crippen LogP contribution in [0, 0.1) is 5.92 Å². The monoisotopic (exact) mass is 508 g/mol. The maximum absolute atomic E-state index is 11.7. The van der Waals surface area contributed by atoms with Gasteiger partial charge >= 0.3 is 0 Å². The van der Waals surface area contributed by atoms with Gasteiger partial charge < -0.3 is 32.9 Å².